The third kappa shape index (κ3) is 5.02. The van der Waals surface area contributed by atoms with Gasteiger partial charge in [0.1, 0.15) is 6.54 Å². The molecule has 2 aromatic carbocycles. The zero-order valence-electron chi connectivity index (χ0n) is 16.6. The fraction of sp³-hybridized carbons (Fsp3) is 0.348. The van der Waals surface area contributed by atoms with E-state index in [2.05, 4.69) is 5.32 Å². The number of esters is 1. The molecule has 1 aliphatic heterocycles. The molecular formula is C23H24N2O4S. The highest BCUT2D eigenvalue weighted by atomic mass is 32.2. The summed E-state index contributed by atoms with van der Waals surface area (Å²) in [7, 11) is 0. The van der Waals surface area contributed by atoms with Crippen molar-refractivity contribution in [2.75, 3.05) is 30.3 Å². The van der Waals surface area contributed by atoms with Gasteiger partial charge in [0.05, 0.1) is 17.9 Å². The summed E-state index contributed by atoms with van der Waals surface area (Å²) in [6.07, 6.45) is 3.07. The summed E-state index contributed by atoms with van der Waals surface area (Å²) in [6, 6.07) is 15.0. The Morgan fingerprint density at radius 2 is 1.83 bits per heavy atom. The Morgan fingerprint density at radius 1 is 1.07 bits per heavy atom. The summed E-state index contributed by atoms with van der Waals surface area (Å²) in [5.74, 6) is -0.0309. The van der Waals surface area contributed by atoms with E-state index >= 15 is 0 Å². The Bertz CT molecular complexity index is 958. The Labute approximate surface area is 180 Å². The van der Waals surface area contributed by atoms with E-state index in [1.165, 1.54) is 17.3 Å². The van der Waals surface area contributed by atoms with Crippen LogP contribution in [-0.2, 0) is 20.7 Å². The highest BCUT2D eigenvalue weighted by molar-refractivity contribution is 8.00. The molecule has 0 unspecified atom stereocenters. The van der Waals surface area contributed by atoms with E-state index in [0.717, 1.165) is 24.9 Å². The summed E-state index contributed by atoms with van der Waals surface area (Å²) in [4.78, 5) is 39.6. The van der Waals surface area contributed by atoms with Crippen LogP contribution in [0.4, 0.5) is 5.69 Å². The minimum atomic E-state index is -0.428. The molecule has 156 valence electrons. The van der Waals surface area contributed by atoms with Crippen LogP contribution in [0.25, 0.3) is 0 Å². The Morgan fingerprint density at radius 3 is 2.67 bits per heavy atom. The van der Waals surface area contributed by atoms with Crippen molar-refractivity contribution in [1.29, 1.82) is 0 Å². The number of anilines is 1. The summed E-state index contributed by atoms with van der Waals surface area (Å²) in [5, 5.41) is 2.62. The molecule has 0 spiro atoms. The second kappa shape index (κ2) is 9.34. The van der Waals surface area contributed by atoms with E-state index in [1.807, 2.05) is 36.4 Å². The van der Waals surface area contributed by atoms with Gasteiger partial charge in [-0.05, 0) is 48.9 Å². The second-order valence-electron chi connectivity index (χ2n) is 7.52. The first-order valence-corrected chi connectivity index (χ1v) is 11.1. The average Bonchev–Trinajstić information content (AvgIpc) is 3.51. The molecule has 30 heavy (non-hydrogen) atoms. The third-order valence-corrected chi connectivity index (χ3v) is 6.30. The monoisotopic (exact) mass is 424 g/mol. The summed E-state index contributed by atoms with van der Waals surface area (Å²) < 4.78 is 5.14. The number of benzene rings is 2. The molecule has 1 heterocycles. The van der Waals surface area contributed by atoms with Crippen LogP contribution < -0.4 is 10.2 Å². The van der Waals surface area contributed by atoms with Gasteiger partial charge >= 0.3 is 5.97 Å². The van der Waals surface area contributed by atoms with Crippen LogP contribution in [-0.4, -0.2) is 43.2 Å². The van der Waals surface area contributed by atoms with E-state index in [1.54, 1.807) is 17.0 Å². The van der Waals surface area contributed by atoms with Crippen molar-refractivity contribution in [2.24, 2.45) is 5.92 Å². The van der Waals surface area contributed by atoms with Crippen LogP contribution in [0.15, 0.2) is 53.4 Å². The lowest BCUT2D eigenvalue weighted by molar-refractivity contribution is -0.142. The number of nitrogens with zero attached hydrogens (tertiary/aromatic N) is 1. The largest absolute Gasteiger partial charge is 0.464 e. The summed E-state index contributed by atoms with van der Waals surface area (Å²) in [5.41, 5.74) is 2.61. The third-order valence-electron chi connectivity index (χ3n) is 5.24. The Hall–Kier alpha value is -2.80. The fourth-order valence-electron chi connectivity index (χ4n) is 3.39. The number of fused-ring (bicyclic) bond motifs is 1. The van der Waals surface area contributed by atoms with Gasteiger partial charge in [0, 0.05) is 17.1 Å². The molecule has 0 radical (unpaired) electrons. The summed E-state index contributed by atoms with van der Waals surface area (Å²) in [6.45, 7) is 0.959. The number of thioether (sulfide) groups is 1. The van der Waals surface area contributed by atoms with E-state index in [9.17, 15) is 14.4 Å². The minimum Gasteiger partial charge on any atom is -0.464 e. The molecule has 1 saturated carbocycles. The first-order chi connectivity index (χ1) is 14.6. The number of carbonyl (C=O) groups is 3. The van der Waals surface area contributed by atoms with Crippen LogP contribution in [0.3, 0.4) is 0 Å². The average molecular weight is 425 g/mol. The quantitative estimate of drug-likeness (QED) is 0.521. The molecule has 0 atom stereocenters. The van der Waals surface area contributed by atoms with Gasteiger partial charge in [0.25, 0.3) is 5.91 Å². The van der Waals surface area contributed by atoms with Gasteiger partial charge in [-0.1, -0.05) is 30.3 Å². The van der Waals surface area contributed by atoms with Gasteiger partial charge in [-0.2, -0.15) is 0 Å². The lowest BCUT2D eigenvalue weighted by Gasteiger charge is -2.17. The highest BCUT2D eigenvalue weighted by Crippen LogP contribution is 2.30. The first-order valence-electron chi connectivity index (χ1n) is 10.2. The zero-order chi connectivity index (χ0) is 20.9. The number of carbonyl (C=O) groups excluding carboxylic acids is 3. The molecule has 4 rings (SSSR count). The second-order valence-corrected chi connectivity index (χ2v) is 8.54. The van der Waals surface area contributed by atoms with Crippen LogP contribution in [0, 0.1) is 5.92 Å². The topological polar surface area (TPSA) is 75.7 Å². The van der Waals surface area contributed by atoms with Crippen molar-refractivity contribution in [3.63, 3.8) is 0 Å². The fourth-order valence-corrected chi connectivity index (χ4v) is 4.31. The van der Waals surface area contributed by atoms with E-state index in [-0.39, 0.29) is 24.1 Å². The van der Waals surface area contributed by atoms with E-state index in [4.69, 9.17) is 4.74 Å². The molecule has 0 aromatic heterocycles. The van der Waals surface area contributed by atoms with E-state index < -0.39 is 5.97 Å². The highest BCUT2D eigenvalue weighted by Gasteiger charge is 2.25. The molecule has 0 saturated heterocycles. The van der Waals surface area contributed by atoms with Crippen LogP contribution in [0.1, 0.15) is 28.8 Å². The van der Waals surface area contributed by atoms with Crippen LogP contribution in [0.2, 0.25) is 0 Å². The van der Waals surface area contributed by atoms with E-state index in [0.29, 0.717) is 29.5 Å². The van der Waals surface area contributed by atoms with Gasteiger partial charge in [-0.25, -0.2) is 0 Å². The molecule has 2 aliphatic rings. The summed E-state index contributed by atoms with van der Waals surface area (Å²) >= 11 is 1.33. The van der Waals surface area contributed by atoms with Gasteiger partial charge in [0.15, 0.2) is 0 Å². The lowest BCUT2D eigenvalue weighted by Crippen LogP contribution is -2.32. The number of nitrogens with one attached hydrogen (secondary N) is 1. The standard InChI is InChI=1S/C23H24N2O4S/c26-21(25-12-11-17-5-1-3-7-19(17)25)15-30-20-8-4-2-6-18(20)23(28)24-13-22(27)29-14-16-9-10-16/h1-8,16H,9-15H2,(H,24,28). The first kappa shape index (κ1) is 20.5. The maximum atomic E-state index is 12.8. The molecule has 2 amide bonds. The molecule has 2 aromatic rings. The lowest BCUT2D eigenvalue weighted by atomic mass is 10.2. The predicted molar refractivity (Wildman–Crippen MR) is 116 cm³/mol. The molecule has 1 fully saturated rings. The number of amides is 2. The minimum absolute atomic E-state index is 0.0174. The number of rotatable bonds is 8. The van der Waals surface area contributed by atoms with Crippen molar-refractivity contribution in [3.05, 3.63) is 59.7 Å². The van der Waals surface area contributed by atoms with Crippen LogP contribution >= 0.6 is 11.8 Å². The molecule has 1 N–H and O–H groups in total. The van der Waals surface area contributed by atoms with Gasteiger partial charge in [0.2, 0.25) is 5.91 Å². The maximum absolute atomic E-state index is 12.8. The van der Waals surface area contributed by atoms with Crippen molar-refractivity contribution in [3.8, 4) is 0 Å². The van der Waals surface area contributed by atoms with Gasteiger partial charge in [-0.15, -0.1) is 11.8 Å². The van der Waals surface area contributed by atoms with Gasteiger partial charge in [-0.3, -0.25) is 14.4 Å². The van der Waals surface area contributed by atoms with Crippen LogP contribution in [0.5, 0.6) is 0 Å². The molecule has 7 heteroatoms. The molecule has 6 nitrogen and oxygen atoms in total. The number of para-hydroxylation sites is 1. The maximum Gasteiger partial charge on any atom is 0.325 e. The number of hydrogen-bond acceptors (Lipinski definition) is 5. The predicted octanol–water partition coefficient (Wildman–Crippen LogP) is 3.05. The zero-order valence-corrected chi connectivity index (χ0v) is 17.5. The normalized spacial score (nSPS) is 14.9. The van der Waals surface area contributed by atoms with Crippen molar-refractivity contribution in [1.82, 2.24) is 5.32 Å². The smallest absolute Gasteiger partial charge is 0.325 e. The molecular weight excluding hydrogens is 400 g/mol. The van der Waals surface area contributed by atoms with Crippen molar-refractivity contribution in [2.45, 2.75) is 24.2 Å². The van der Waals surface area contributed by atoms with Crippen molar-refractivity contribution >= 4 is 35.2 Å². The molecule has 0 bridgehead atoms. The number of ether oxygens (including phenoxy) is 1. The Balaban J connectivity index is 1.32. The molecule has 1 aliphatic carbocycles. The Kier molecular flexibility index (Phi) is 6.38. The number of hydrogen-bond donors (Lipinski definition) is 1. The van der Waals surface area contributed by atoms with Crippen molar-refractivity contribution < 1.29 is 19.1 Å². The van der Waals surface area contributed by atoms with Gasteiger partial charge < -0.3 is 15.0 Å². The SMILES string of the molecule is O=C(CNC(=O)c1ccccc1SCC(=O)N1CCc2ccccc21)OCC1CC1.